The lowest BCUT2D eigenvalue weighted by atomic mass is 10.3. The Morgan fingerprint density at radius 3 is 1.28 bits per heavy atom. The van der Waals surface area contributed by atoms with E-state index in [0.717, 1.165) is 73.7 Å². The van der Waals surface area contributed by atoms with Gasteiger partial charge >= 0.3 is 0 Å². The van der Waals surface area contributed by atoms with Crippen LogP contribution < -0.4 is 10.4 Å². The number of nitrogens with one attached hydrogen (secondary N) is 1. The molecule has 1 aliphatic carbocycles. The standard InChI is InChI=1S/C9H8.2C8H7N.4C7H6N2.C7H9N.7C6H5N3/c1-2-5-9-7-3-6-8(9)4-1;2*1-2-6-9-7-3-5-8(9)4-1;1-3-7-4-2-6-9(7)8-5-1;1-2-6-9-7(3-1)4-5-8-9;2*1-2-5-9-6-4-8-7(9)3-1;1-3-7-4-2-6-8(7)5-1;2*1-3-9-4-2-8-6(9)5-7-1;1-3-7-6-2-4-8-9(6)5-1;1-2-7-3-6-5(1)8-4-9-6;1-2-7-5-9-4-3-8-6(1)9;1-2-6-7-4-5-9(6)8-3-1;1-2-4-9-6(3-1)7-5-8-9/h1-2,4-7H,3H2;2*1-7H;4*1-6H;1,3,5H,2,4,6H2;3*1-5H;1-4H,(H,8,9);3*1-5H. The van der Waals surface area contributed by atoms with Crippen LogP contribution in [-0.4, -0.2) is 153 Å². The molecule has 0 spiro atoms. The Hall–Kier alpha value is -19.1. The molecule has 0 fully saturated rings. The lowest BCUT2D eigenvalue weighted by molar-refractivity contribution is 0.750. The summed E-state index contributed by atoms with van der Waals surface area (Å²) in [4.78, 5) is 54.9. The number of aromatic amines is 1. The van der Waals surface area contributed by atoms with Crippen LogP contribution in [0.4, 0.5) is 0 Å². The minimum atomic E-state index is 0.887. The zero-order valence-electron chi connectivity index (χ0n) is 72.5. The van der Waals surface area contributed by atoms with Crippen molar-refractivity contribution in [2.75, 3.05) is 0 Å². The van der Waals surface area contributed by atoms with Gasteiger partial charge in [-0.05, 0) is 200 Å². The third-order valence-electron chi connectivity index (χ3n) is 19.9. The molecule has 0 amide bonds. The Balaban J connectivity index is 0.000000104. The molecule has 28 heterocycles. The predicted octanol–water partition coefficient (Wildman–Crippen LogP) is 16.6. The molecular formula is C102H90N32. The number of hydrogen-bond acceptors (Lipinski definition) is 18. The fraction of sp³-hybridized carbons (Fsp3) is 0.0392. The number of imidazole rings is 7. The van der Waals surface area contributed by atoms with E-state index in [-0.39, 0.29) is 0 Å². The second kappa shape index (κ2) is 47.4. The van der Waals surface area contributed by atoms with Crippen molar-refractivity contribution >= 4 is 90.4 Å². The van der Waals surface area contributed by atoms with Crippen LogP contribution in [-0.2, 0) is 13.0 Å². The van der Waals surface area contributed by atoms with Crippen LogP contribution in [0, 0.1) is 0 Å². The molecule has 0 atom stereocenters. The molecule has 1 aliphatic heterocycles. The van der Waals surface area contributed by atoms with Crippen molar-refractivity contribution < 1.29 is 0 Å². The molecule has 2 aliphatic rings. The van der Waals surface area contributed by atoms with Crippen LogP contribution in [0.5, 0.6) is 0 Å². The van der Waals surface area contributed by atoms with Crippen LogP contribution in [0.3, 0.4) is 0 Å². The van der Waals surface area contributed by atoms with Gasteiger partial charge in [0, 0.05) is 234 Å². The van der Waals surface area contributed by atoms with E-state index in [4.69, 9.17) is 0 Å². The topological polar surface area (TPSA) is 306 Å². The first-order chi connectivity index (χ1) is 66.5. The van der Waals surface area contributed by atoms with Crippen molar-refractivity contribution in [3.63, 3.8) is 0 Å². The van der Waals surface area contributed by atoms with Crippen molar-refractivity contribution in [3.8, 4) is 0 Å². The zero-order valence-corrected chi connectivity index (χ0v) is 72.5. The van der Waals surface area contributed by atoms with E-state index >= 15 is 0 Å². The maximum atomic E-state index is 4.08. The van der Waals surface area contributed by atoms with Crippen molar-refractivity contribution in [2.45, 2.75) is 25.8 Å². The molecule has 658 valence electrons. The lowest BCUT2D eigenvalue weighted by Crippen LogP contribution is -2.19. The molecule has 1 aromatic carbocycles. The second-order valence-electron chi connectivity index (χ2n) is 28.6. The molecule has 0 bridgehead atoms. The van der Waals surface area contributed by atoms with E-state index in [1.165, 1.54) is 52.9 Å². The number of nitrogens with zero attached hydrogens (tertiary/aromatic N) is 31. The van der Waals surface area contributed by atoms with Gasteiger partial charge in [0.05, 0.1) is 53.2 Å². The van der Waals surface area contributed by atoms with E-state index in [9.17, 15) is 0 Å². The number of rotatable bonds is 0. The van der Waals surface area contributed by atoms with Crippen molar-refractivity contribution in [2.24, 2.45) is 0 Å². The SMILES string of the molecule is C1=c2ccccc2=CC1.c1cc2n(c1)CCC2.c1cc2nc[nH]c2cn1.c1cc2nccn2cn1.c1ccn2cccc2c1.c1ccn2cccc2c1.c1ccn2ccnc2c1.c1ccn2ccnc2c1.c1ccn2nccc2c1.c1ccn2ncnc2c1.c1cn2ccnc2cn1.c1cn2ccnc2cn1.c1cnc2ccnn2c1.c1cnn2cccc2c1.c1cnn2ccnc2c1. The summed E-state index contributed by atoms with van der Waals surface area (Å²) in [5.74, 6) is 0. The van der Waals surface area contributed by atoms with E-state index in [1.54, 1.807) is 138 Å². The molecule has 0 radical (unpaired) electrons. The van der Waals surface area contributed by atoms with Gasteiger partial charge in [0.1, 0.15) is 29.6 Å². The van der Waals surface area contributed by atoms with Crippen LogP contribution in [0.1, 0.15) is 18.5 Å². The minimum Gasteiger partial charge on any atom is -0.351 e. The number of aromatic nitrogens is 32. The molecular weight excluding hydrogens is 1670 g/mol. The van der Waals surface area contributed by atoms with Gasteiger partial charge in [-0.2, -0.15) is 25.5 Å². The third-order valence-corrected chi connectivity index (χ3v) is 19.9. The normalized spacial score (nSPS) is 10.8. The summed E-state index contributed by atoms with van der Waals surface area (Å²) in [6.07, 6.45) is 81.4. The highest BCUT2D eigenvalue weighted by Crippen LogP contribution is 2.14. The van der Waals surface area contributed by atoms with Crippen LogP contribution in [0.2, 0.25) is 0 Å². The molecule has 0 saturated heterocycles. The zero-order chi connectivity index (χ0) is 90.9. The maximum absolute atomic E-state index is 4.08. The first-order valence-electron chi connectivity index (χ1n) is 42.6. The highest BCUT2D eigenvalue weighted by atomic mass is 15.3. The minimum absolute atomic E-state index is 0.887. The smallest absolute Gasteiger partial charge is 0.155 e. The van der Waals surface area contributed by atoms with Gasteiger partial charge in [0.15, 0.2) is 28.2 Å². The van der Waals surface area contributed by atoms with Gasteiger partial charge in [0.2, 0.25) is 0 Å². The number of pyridine rings is 7. The van der Waals surface area contributed by atoms with E-state index in [0.29, 0.717) is 0 Å². The molecule has 134 heavy (non-hydrogen) atoms. The highest BCUT2D eigenvalue weighted by Gasteiger charge is 2.06. The summed E-state index contributed by atoms with van der Waals surface area (Å²) >= 11 is 0. The predicted molar refractivity (Wildman–Crippen MR) is 519 cm³/mol. The number of benzene rings is 1. The van der Waals surface area contributed by atoms with Crippen molar-refractivity contribution in [1.29, 1.82) is 0 Å². The molecule has 32 nitrogen and oxygen atoms in total. The van der Waals surface area contributed by atoms with Crippen LogP contribution in [0.25, 0.3) is 90.4 Å². The van der Waals surface area contributed by atoms with E-state index in [2.05, 4.69) is 188 Å². The van der Waals surface area contributed by atoms with Gasteiger partial charge in [0.25, 0.3) is 0 Å². The Bertz CT molecular complexity index is 6320. The lowest BCUT2D eigenvalue weighted by Gasteiger charge is -1.90. The summed E-state index contributed by atoms with van der Waals surface area (Å²) in [6, 6.07) is 78.0. The van der Waals surface area contributed by atoms with Crippen LogP contribution in [0.15, 0.2) is 485 Å². The summed E-state index contributed by atoms with van der Waals surface area (Å²) in [5, 5.41) is 22.8. The summed E-state index contributed by atoms with van der Waals surface area (Å²) in [7, 11) is 0. The number of H-pyrrole nitrogens is 1. The van der Waals surface area contributed by atoms with Gasteiger partial charge in [-0.15, -0.1) is 0 Å². The van der Waals surface area contributed by atoms with Crippen molar-refractivity contribution in [1.82, 2.24) is 153 Å². The quantitative estimate of drug-likeness (QED) is 0.147. The highest BCUT2D eigenvalue weighted by molar-refractivity contribution is 5.72. The molecule has 0 unspecified atom stereocenters. The summed E-state index contributed by atoms with van der Waals surface area (Å²) in [6.45, 7) is 1.24. The van der Waals surface area contributed by atoms with Gasteiger partial charge < -0.3 is 36.0 Å². The fourth-order valence-electron chi connectivity index (χ4n) is 13.3. The van der Waals surface area contributed by atoms with Gasteiger partial charge in [-0.1, -0.05) is 72.8 Å². The molecule has 32 heteroatoms. The molecule has 1 N–H and O–H groups in total. The number of fused-ring (bicyclic) bond motifs is 15. The maximum Gasteiger partial charge on any atom is 0.155 e. The van der Waals surface area contributed by atoms with Gasteiger partial charge in [-0.3, -0.25) is 19.4 Å². The monoisotopic (exact) mass is 1760 g/mol. The third kappa shape index (κ3) is 25.6. The molecule has 30 rings (SSSR count). The summed E-state index contributed by atoms with van der Waals surface area (Å²) < 4.78 is 24.9. The first-order valence-corrected chi connectivity index (χ1v) is 42.6. The summed E-state index contributed by atoms with van der Waals surface area (Å²) in [5.41, 5.74) is 15.6. The Morgan fingerprint density at radius 2 is 0.657 bits per heavy atom. The largest absolute Gasteiger partial charge is 0.351 e. The number of aryl methyl sites for hydroxylation is 2. The Kier molecular flexibility index (Phi) is 31.3. The average Bonchev–Trinajstić information content (AvgIpc) is 1.72. The Labute approximate surface area is 766 Å². The van der Waals surface area contributed by atoms with Crippen molar-refractivity contribution in [3.05, 3.63) is 501 Å². The molecule has 27 aromatic heterocycles. The van der Waals surface area contributed by atoms with E-state index < -0.39 is 0 Å². The number of hydrogen-bond donors (Lipinski definition) is 1. The molecule has 0 saturated carbocycles. The molecule has 28 aromatic rings. The van der Waals surface area contributed by atoms with Gasteiger partial charge in [-0.25, -0.2) is 72.4 Å². The first kappa shape index (κ1) is 88.3. The van der Waals surface area contributed by atoms with Crippen LogP contribution >= 0.6 is 0 Å². The Morgan fingerprint density at radius 1 is 0.239 bits per heavy atom. The second-order valence-corrected chi connectivity index (χ2v) is 28.6. The average molecular weight is 1760 g/mol. The fourth-order valence-corrected chi connectivity index (χ4v) is 13.3. The van der Waals surface area contributed by atoms with E-state index in [1.807, 2.05) is 319 Å².